The average molecular weight is 425 g/mol. The van der Waals surface area contributed by atoms with Crippen LogP contribution in [0.4, 0.5) is 4.79 Å². The smallest absolute Gasteiger partial charge is 0.453 e. The Morgan fingerprint density at radius 3 is 2.33 bits per heavy atom. The fourth-order valence-electron chi connectivity index (χ4n) is 3.08. The number of carbonyl (C=O) groups is 3. The molecule has 162 valence electrons. The van der Waals surface area contributed by atoms with E-state index in [1.165, 1.54) is 26.0 Å². The van der Waals surface area contributed by atoms with E-state index in [9.17, 15) is 19.3 Å². The Morgan fingerprint density at radius 2 is 1.70 bits per heavy atom. The summed E-state index contributed by atoms with van der Waals surface area (Å²) >= 11 is 0. The molecule has 30 heavy (non-hydrogen) atoms. The standard InChI is InChI=1S/C18H19NO11/c1-9(20)26-12-6-4-3-5-11(12)17(21)28-13-7-24-16-14(8-25-15(13)16)29-18(22)27-10(2)30-19-23/h3-6,10,13-16H,7-8H2,1-2H3/t10?,13-,14+,15?,16?/m0/s1. The lowest BCUT2D eigenvalue weighted by Crippen LogP contribution is -2.36. The number of fused-ring (bicyclic) bond motifs is 1. The van der Waals surface area contributed by atoms with Gasteiger partial charge in [-0.2, -0.15) is 0 Å². The van der Waals surface area contributed by atoms with Gasteiger partial charge in [0.15, 0.2) is 17.5 Å². The molecule has 3 rings (SSSR count). The summed E-state index contributed by atoms with van der Waals surface area (Å²) in [7, 11) is 0. The van der Waals surface area contributed by atoms with Crippen LogP contribution in [0.15, 0.2) is 29.6 Å². The zero-order chi connectivity index (χ0) is 21.7. The molecule has 0 aromatic heterocycles. The van der Waals surface area contributed by atoms with Gasteiger partial charge < -0.3 is 33.3 Å². The number of hydrogen-bond acceptors (Lipinski definition) is 12. The second-order valence-corrected chi connectivity index (χ2v) is 6.40. The first kappa shape index (κ1) is 21.5. The third-order valence-electron chi connectivity index (χ3n) is 4.28. The Balaban J connectivity index is 1.57. The Morgan fingerprint density at radius 1 is 1.07 bits per heavy atom. The van der Waals surface area contributed by atoms with Crippen molar-refractivity contribution < 1.29 is 47.6 Å². The van der Waals surface area contributed by atoms with E-state index in [-0.39, 0.29) is 24.5 Å². The maximum absolute atomic E-state index is 12.6. The number of carbonyl (C=O) groups excluding carboxylic acids is 3. The minimum atomic E-state index is -1.22. The van der Waals surface area contributed by atoms with Crippen LogP contribution in [0.1, 0.15) is 24.2 Å². The Hall–Kier alpha value is -3.25. The van der Waals surface area contributed by atoms with Gasteiger partial charge in [-0.3, -0.25) is 4.79 Å². The van der Waals surface area contributed by atoms with Crippen LogP contribution in [0.3, 0.4) is 0 Å². The zero-order valence-electron chi connectivity index (χ0n) is 16.0. The number of benzene rings is 1. The summed E-state index contributed by atoms with van der Waals surface area (Å²) in [6, 6.07) is 6.15. The summed E-state index contributed by atoms with van der Waals surface area (Å²) in [6.07, 6.45) is -5.24. The largest absolute Gasteiger partial charge is 0.511 e. The molecule has 0 bridgehead atoms. The molecule has 0 N–H and O–H groups in total. The predicted molar refractivity (Wildman–Crippen MR) is 94.1 cm³/mol. The van der Waals surface area contributed by atoms with Gasteiger partial charge in [0.05, 0.1) is 13.2 Å². The van der Waals surface area contributed by atoms with E-state index in [0.29, 0.717) is 0 Å². The van der Waals surface area contributed by atoms with Crippen molar-refractivity contribution in [2.75, 3.05) is 13.2 Å². The molecule has 0 saturated carbocycles. The minimum absolute atomic E-state index is 0.0102. The van der Waals surface area contributed by atoms with E-state index in [4.69, 9.17) is 23.7 Å². The van der Waals surface area contributed by atoms with Gasteiger partial charge in [-0.1, -0.05) is 12.1 Å². The third kappa shape index (κ3) is 5.02. The molecule has 0 spiro atoms. The molecule has 1 aromatic carbocycles. The van der Waals surface area contributed by atoms with Crippen molar-refractivity contribution in [3.8, 4) is 5.75 Å². The van der Waals surface area contributed by atoms with Crippen LogP contribution in [0, 0.1) is 4.91 Å². The van der Waals surface area contributed by atoms with E-state index in [1.807, 2.05) is 0 Å². The highest BCUT2D eigenvalue weighted by Crippen LogP contribution is 2.32. The zero-order valence-corrected chi connectivity index (χ0v) is 16.0. The normalized spacial score (nSPS) is 25.5. The van der Waals surface area contributed by atoms with E-state index >= 15 is 0 Å². The Kier molecular flexibility index (Phi) is 6.79. The summed E-state index contributed by atoms with van der Waals surface area (Å²) in [5.41, 5.74) is 0.0725. The van der Waals surface area contributed by atoms with Gasteiger partial charge in [0.2, 0.25) is 0 Å². The maximum atomic E-state index is 12.6. The second kappa shape index (κ2) is 9.50. The highest BCUT2D eigenvalue weighted by atomic mass is 16.9. The Labute approximate surface area is 170 Å². The average Bonchev–Trinajstić information content (AvgIpc) is 3.25. The van der Waals surface area contributed by atoms with Gasteiger partial charge in [0, 0.05) is 13.8 Å². The molecule has 2 saturated heterocycles. The molecule has 2 heterocycles. The van der Waals surface area contributed by atoms with Crippen LogP contribution in [0.5, 0.6) is 5.75 Å². The molecule has 2 fully saturated rings. The van der Waals surface area contributed by atoms with Gasteiger partial charge in [0.25, 0.3) is 6.29 Å². The quantitative estimate of drug-likeness (QED) is 0.206. The highest BCUT2D eigenvalue weighted by Gasteiger charge is 2.51. The van der Waals surface area contributed by atoms with Gasteiger partial charge in [-0.15, -0.1) is 4.91 Å². The van der Waals surface area contributed by atoms with Gasteiger partial charge in [0.1, 0.15) is 23.5 Å². The Bertz CT molecular complexity index is 813. The van der Waals surface area contributed by atoms with Gasteiger partial charge in [-0.05, 0) is 12.1 Å². The van der Waals surface area contributed by atoms with Crippen molar-refractivity contribution in [1.29, 1.82) is 0 Å². The number of para-hydroxylation sites is 1. The van der Waals surface area contributed by atoms with Crippen molar-refractivity contribution in [1.82, 2.24) is 0 Å². The molecule has 0 amide bonds. The fraction of sp³-hybridized carbons (Fsp3) is 0.500. The first-order valence-electron chi connectivity index (χ1n) is 8.96. The first-order valence-corrected chi connectivity index (χ1v) is 8.96. The number of esters is 2. The van der Waals surface area contributed by atoms with E-state index in [0.717, 1.165) is 0 Å². The lowest BCUT2D eigenvalue weighted by molar-refractivity contribution is -0.131. The van der Waals surface area contributed by atoms with E-state index in [1.54, 1.807) is 12.1 Å². The van der Waals surface area contributed by atoms with Gasteiger partial charge >= 0.3 is 18.1 Å². The molecule has 5 atom stereocenters. The summed E-state index contributed by atoms with van der Waals surface area (Å²) in [5.74, 6) is -1.22. The monoisotopic (exact) mass is 425 g/mol. The van der Waals surface area contributed by atoms with E-state index in [2.05, 4.69) is 14.9 Å². The third-order valence-corrected chi connectivity index (χ3v) is 4.28. The van der Waals surface area contributed by atoms with Crippen LogP contribution in [0.25, 0.3) is 0 Å². The summed E-state index contributed by atoms with van der Waals surface area (Å²) < 4.78 is 31.4. The topological polar surface area (TPSA) is 145 Å². The lowest BCUT2D eigenvalue weighted by Gasteiger charge is -2.18. The predicted octanol–water partition coefficient (Wildman–Crippen LogP) is 1.50. The van der Waals surface area contributed by atoms with Crippen molar-refractivity contribution in [3.05, 3.63) is 34.7 Å². The second-order valence-electron chi connectivity index (χ2n) is 6.40. The van der Waals surface area contributed by atoms with Crippen LogP contribution in [0.2, 0.25) is 0 Å². The van der Waals surface area contributed by atoms with Crippen LogP contribution >= 0.6 is 0 Å². The minimum Gasteiger partial charge on any atom is -0.453 e. The van der Waals surface area contributed by atoms with Crippen LogP contribution < -0.4 is 4.74 Å². The number of hydrogen-bond donors (Lipinski definition) is 0. The SMILES string of the molecule is CC(=O)Oc1ccccc1C(=O)O[C@H]1COC2C1OC[C@H]2OC(=O)OC(C)ON=O. The molecule has 1 aromatic rings. The molecule has 0 radical (unpaired) electrons. The molecule has 12 nitrogen and oxygen atoms in total. The fourth-order valence-corrected chi connectivity index (χ4v) is 3.08. The lowest BCUT2D eigenvalue weighted by atomic mass is 10.1. The molecule has 0 aliphatic carbocycles. The van der Waals surface area contributed by atoms with Crippen molar-refractivity contribution >= 4 is 18.1 Å². The van der Waals surface area contributed by atoms with Gasteiger partial charge in [-0.25, -0.2) is 9.59 Å². The molecule has 2 aliphatic rings. The van der Waals surface area contributed by atoms with Crippen LogP contribution in [-0.2, 0) is 33.3 Å². The van der Waals surface area contributed by atoms with Crippen molar-refractivity contribution in [3.63, 3.8) is 0 Å². The number of nitrogens with zero attached hydrogens (tertiary/aromatic N) is 1. The summed E-state index contributed by atoms with van der Waals surface area (Å²) in [5, 5.41) is 2.15. The molecule has 2 aliphatic heterocycles. The highest BCUT2D eigenvalue weighted by molar-refractivity contribution is 5.93. The molecule has 3 unspecified atom stereocenters. The first-order chi connectivity index (χ1) is 14.4. The maximum Gasteiger partial charge on any atom is 0.511 e. The van der Waals surface area contributed by atoms with Crippen molar-refractivity contribution in [2.45, 2.75) is 44.6 Å². The van der Waals surface area contributed by atoms with Crippen molar-refractivity contribution in [2.24, 2.45) is 5.34 Å². The van der Waals surface area contributed by atoms with E-state index < -0.39 is 48.8 Å². The summed E-state index contributed by atoms with van der Waals surface area (Å²) in [6.45, 7) is 2.51. The summed E-state index contributed by atoms with van der Waals surface area (Å²) in [4.78, 5) is 49.7. The molecular weight excluding hydrogens is 406 g/mol. The molecule has 12 heteroatoms. The molecular formula is C18H19NO11. The van der Waals surface area contributed by atoms with Crippen LogP contribution in [-0.4, -0.2) is 62.0 Å². The number of ether oxygens (including phenoxy) is 6. The number of rotatable bonds is 7.